The first-order valence-corrected chi connectivity index (χ1v) is 6.44. The van der Waals surface area contributed by atoms with Crippen molar-refractivity contribution in [3.05, 3.63) is 42.5 Å². The highest BCUT2D eigenvalue weighted by molar-refractivity contribution is 5.79. The Kier molecular flexibility index (Phi) is 2.95. The van der Waals surface area contributed by atoms with Crippen molar-refractivity contribution in [2.24, 2.45) is 0 Å². The van der Waals surface area contributed by atoms with Crippen LogP contribution in [0.3, 0.4) is 0 Å². The molecule has 2 heterocycles. The van der Waals surface area contributed by atoms with Gasteiger partial charge in [-0.05, 0) is 37.6 Å². The van der Waals surface area contributed by atoms with Crippen LogP contribution in [0.5, 0.6) is 0 Å². The summed E-state index contributed by atoms with van der Waals surface area (Å²) in [6.07, 6.45) is 4.82. The maximum absolute atomic E-state index is 5.79. The molecular weight excluding hydrogens is 238 g/mol. The monoisotopic (exact) mass is 255 g/mol. The molecule has 98 valence electrons. The van der Waals surface area contributed by atoms with Gasteiger partial charge >= 0.3 is 0 Å². The third-order valence-electron chi connectivity index (χ3n) is 3.29. The molecule has 0 aliphatic carbocycles. The van der Waals surface area contributed by atoms with Gasteiger partial charge in [-0.1, -0.05) is 0 Å². The third kappa shape index (κ3) is 2.31. The lowest BCUT2D eigenvalue weighted by Gasteiger charge is -2.07. The van der Waals surface area contributed by atoms with Crippen LogP contribution in [0.2, 0.25) is 0 Å². The van der Waals surface area contributed by atoms with Gasteiger partial charge in [0, 0.05) is 31.2 Å². The van der Waals surface area contributed by atoms with Gasteiger partial charge < -0.3 is 10.3 Å². The number of rotatable bonds is 4. The lowest BCUT2D eigenvalue weighted by Crippen LogP contribution is -2.05. The predicted molar refractivity (Wildman–Crippen MR) is 75.7 cm³/mol. The average molecular weight is 255 g/mol. The summed E-state index contributed by atoms with van der Waals surface area (Å²) in [6, 6.07) is 7.83. The lowest BCUT2D eigenvalue weighted by atomic mass is 10.3. The molecule has 0 saturated carbocycles. The largest absolute Gasteiger partial charge is 0.399 e. The summed E-state index contributed by atoms with van der Waals surface area (Å²) in [6.45, 7) is 3.89. The minimum atomic E-state index is 0.758. The van der Waals surface area contributed by atoms with E-state index >= 15 is 0 Å². The zero-order valence-electron chi connectivity index (χ0n) is 11.0. The fraction of sp³-hybridized carbons (Fsp3) is 0.286. The van der Waals surface area contributed by atoms with Gasteiger partial charge in [0.2, 0.25) is 0 Å². The highest BCUT2D eigenvalue weighted by atomic mass is 15.3. The van der Waals surface area contributed by atoms with Gasteiger partial charge in [0.1, 0.15) is 5.82 Å². The van der Waals surface area contributed by atoms with Crippen LogP contribution in [0, 0.1) is 6.92 Å². The first kappa shape index (κ1) is 11.8. The second-order valence-electron chi connectivity index (χ2n) is 4.68. The smallest absolute Gasteiger partial charge is 0.106 e. The Morgan fingerprint density at radius 2 is 2.16 bits per heavy atom. The number of aryl methyl sites for hydroxylation is 3. The van der Waals surface area contributed by atoms with Crippen LogP contribution in [0.4, 0.5) is 5.69 Å². The normalized spacial score (nSPS) is 11.2. The SMILES string of the molecule is Cc1nc2cc(N)ccc2n1CCCn1cccn1. The number of aromatic nitrogens is 4. The van der Waals surface area contributed by atoms with Crippen molar-refractivity contribution in [2.75, 3.05) is 5.73 Å². The van der Waals surface area contributed by atoms with E-state index in [-0.39, 0.29) is 0 Å². The first-order chi connectivity index (χ1) is 9.24. The molecule has 2 aromatic heterocycles. The van der Waals surface area contributed by atoms with Gasteiger partial charge in [-0.25, -0.2) is 4.98 Å². The highest BCUT2D eigenvalue weighted by Crippen LogP contribution is 2.19. The minimum absolute atomic E-state index is 0.758. The number of hydrogen-bond acceptors (Lipinski definition) is 3. The van der Waals surface area contributed by atoms with E-state index in [1.54, 1.807) is 6.20 Å². The second kappa shape index (κ2) is 4.76. The topological polar surface area (TPSA) is 61.7 Å². The van der Waals surface area contributed by atoms with Crippen LogP contribution in [-0.4, -0.2) is 19.3 Å². The van der Waals surface area contributed by atoms with E-state index in [9.17, 15) is 0 Å². The molecule has 5 nitrogen and oxygen atoms in total. The predicted octanol–water partition coefficient (Wildman–Crippen LogP) is 2.21. The number of fused-ring (bicyclic) bond motifs is 1. The molecule has 0 fully saturated rings. The first-order valence-electron chi connectivity index (χ1n) is 6.44. The molecule has 0 saturated heterocycles. The van der Waals surface area contributed by atoms with Crippen LogP contribution < -0.4 is 5.73 Å². The maximum Gasteiger partial charge on any atom is 0.106 e. The van der Waals surface area contributed by atoms with Crippen molar-refractivity contribution in [1.82, 2.24) is 19.3 Å². The Morgan fingerprint density at radius 3 is 2.95 bits per heavy atom. The Bertz CT molecular complexity index is 681. The molecule has 5 heteroatoms. The maximum atomic E-state index is 5.79. The van der Waals surface area contributed by atoms with Crippen molar-refractivity contribution >= 4 is 16.7 Å². The minimum Gasteiger partial charge on any atom is -0.399 e. The average Bonchev–Trinajstić information content (AvgIpc) is 2.98. The molecule has 3 rings (SSSR count). The van der Waals surface area contributed by atoms with Crippen LogP contribution in [-0.2, 0) is 13.1 Å². The second-order valence-corrected chi connectivity index (χ2v) is 4.68. The fourth-order valence-electron chi connectivity index (χ4n) is 2.37. The van der Waals surface area contributed by atoms with Crippen LogP contribution >= 0.6 is 0 Å². The summed E-state index contributed by atoms with van der Waals surface area (Å²) in [5, 5.41) is 4.21. The summed E-state index contributed by atoms with van der Waals surface area (Å²) in [5.74, 6) is 1.03. The third-order valence-corrected chi connectivity index (χ3v) is 3.29. The van der Waals surface area contributed by atoms with Gasteiger partial charge in [-0.2, -0.15) is 5.10 Å². The number of anilines is 1. The van der Waals surface area contributed by atoms with Crippen LogP contribution in [0.15, 0.2) is 36.7 Å². The van der Waals surface area contributed by atoms with Gasteiger partial charge in [0.05, 0.1) is 11.0 Å². The van der Waals surface area contributed by atoms with E-state index in [0.717, 1.165) is 42.1 Å². The van der Waals surface area contributed by atoms with E-state index in [2.05, 4.69) is 14.6 Å². The molecule has 0 aliphatic heterocycles. The van der Waals surface area contributed by atoms with Gasteiger partial charge in [-0.3, -0.25) is 4.68 Å². The molecule has 0 spiro atoms. The van der Waals surface area contributed by atoms with Crippen molar-refractivity contribution in [2.45, 2.75) is 26.4 Å². The van der Waals surface area contributed by atoms with Gasteiger partial charge in [0.15, 0.2) is 0 Å². The van der Waals surface area contributed by atoms with E-state index < -0.39 is 0 Å². The molecule has 1 aromatic carbocycles. The number of imidazole rings is 1. The van der Waals surface area contributed by atoms with E-state index in [4.69, 9.17) is 5.73 Å². The van der Waals surface area contributed by atoms with Crippen molar-refractivity contribution in [3.8, 4) is 0 Å². The highest BCUT2D eigenvalue weighted by Gasteiger charge is 2.07. The molecule has 3 aromatic rings. The van der Waals surface area contributed by atoms with Gasteiger partial charge in [0.25, 0.3) is 0 Å². The summed E-state index contributed by atoms with van der Waals surface area (Å²) in [4.78, 5) is 4.55. The summed E-state index contributed by atoms with van der Waals surface area (Å²) in [5.41, 5.74) is 8.66. The Morgan fingerprint density at radius 1 is 1.26 bits per heavy atom. The Hall–Kier alpha value is -2.30. The number of nitrogens with two attached hydrogens (primary N) is 1. The number of benzene rings is 1. The molecule has 0 unspecified atom stereocenters. The number of nitrogens with zero attached hydrogens (tertiary/aromatic N) is 4. The van der Waals surface area contributed by atoms with Crippen molar-refractivity contribution < 1.29 is 0 Å². The summed E-state index contributed by atoms with van der Waals surface area (Å²) >= 11 is 0. The fourth-order valence-corrected chi connectivity index (χ4v) is 2.37. The molecule has 19 heavy (non-hydrogen) atoms. The summed E-state index contributed by atoms with van der Waals surface area (Å²) in [7, 11) is 0. The van der Waals surface area contributed by atoms with E-state index in [1.165, 1.54) is 0 Å². The standard InChI is InChI=1S/C14H17N5/c1-11-17-13-10-12(15)4-5-14(13)19(11)9-3-8-18-7-2-6-16-18/h2,4-7,10H,3,8-9,15H2,1H3. The number of nitrogen functional groups attached to an aromatic ring is 1. The molecule has 2 N–H and O–H groups in total. The van der Waals surface area contributed by atoms with E-state index in [0.29, 0.717) is 0 Å². The van der Waals surface area contributed by atoms with Crippen LogP contribution in [0.1, 0.15) is 12.2 Å². The molecule has 0 atom stereocenters. The van der Waals surface area contributed by atoms with Crippen molar-refractivity contribution in [3.63, 3.8) is 0 Å². The molecule has 0 aliphatic rings. The lowest BCUT2D eigenvalue weighted by molar-refractivity contribution is 0.527. The zero-order valence-corrected chi connectivity index (χ0v) is 11.0. The van der Waals surface area contributed by atoms with Crippen molar-refractivity contribution in [1.29, 1.82) is 0 Å². The van der Waals surface area contributed by atoms with Gasteiger partial charge in [-0.15, -0.1) is 0 Å². The van der Waals surface area contributed by atoms with Crippen LogP contribution in [0.25, 0.3) is 11.0 Å². The summed E-state index contributed by atoms with van der Waals surface area (Å²) < 4.78 is 4.19. The molecular formula is C14H17N5. The molecule has 0 bridgehead atoms. The zero-order chi connectivity index (χ0) is 13.2. The Labute approximate surface area is 111 Å². The Balaban J connectivity index is 1.78. The van der Waals surface area contributed by atoms with E-state index in [1.807, 2.05) is 42.1 Å². The molecule has 0 radical (unpaired) electrons. The quantitative estimate of drug-likeness (QED) is 0.727. The number of hydrogen-bond donors (Lipinski definition) is 1. The molecule has 0 amide bonds.